The molecule has 3 aromatic heterocycles. The van der Waals surface area contributed by atoms with Crippen molar-refractivity contribution in [2.75, 3.05) is 0 Å². The van der Waals surface area contributed by atoms with Crippen molar-refractivity contribution in [3.63, 3.8) is 0 Å². The summed E-state index contributed by atoms with van der Waals surface area (Å²) in [5.74, 6) is 0. The normalized spacial score (nSPS) is 11.6. The molecule has 0 saturated heterocycles. The topological polar surface area (TPSA) is 38.7 Å². The van der Waals surface area contributed by atoms with Crippen LogP contribution in [0.5, 0.6) is 0 Å². The highest BCUT2D eigenvalue weighted by Gasteiger charge is 2.13. The van der Waals surface area contributed by atoms with Crippen molar-refractivity contribution in [1.82, 2.24) is 15.0 Å². The summed E-state index contributed by atoms with van der Waals surface area (Å²) < 4.78 is 0. The lowest BCUT2D eigenvalue weighted by atomic mass is 9.95. The van der Waals surface area contributed by atoms with Gasteiger partial charge in [-0.3, -0.25) is 0 Å². The number of rotatable bonds is 3. The van der Waals surface area contributed by atoms with Crippen LogP contribution in [-0.2, 0) is 0 Å². The van der Waals surface area contributed by atoms with Gasteiger partial charge in [0.2, 0.25) is 0 Å². The highest BCUT2D eigenvalue weighted by Crippen LogP contribution is 2.36. The van der Waals surface area contributed by atoms with Crippen LogP contribution >= 0.6 is 0 Å². The molecular formula is C41H25N3. The molecule has 3 heterocycles. The average Bonchev–Trinajstić information content (AvgIpc) is 3.09. The van der Waals surface area contributed by atoms with Gasteiger partial charge >= 0.3 is 0 Å². The third kappa shape index (κ3) is 4.10. The molecule has 9 rings (SSSR count). The SMILES string of the molecule is c1cc(-c2ccc3cc4ccccc4cc3n2)nc(-c2ccc(-c3ccc4cc5ccccc5cc4n3)c3ccccc23)c1. The highest BCUT2D eigenvalue weighted by atomic mass is 14.8. The van der Waals surface area contributed by atoms with Crippen molar-refractivity contribution >= 4 is 54.1 Å². The summed E-state index contributed by atoms with van der Waals surface area (Å²) in [6, 6.07) is 53.2. The Kier molecular flexibility index (Phi) is 5.50. The van der Waals surface area contributed by atoms with Gasteiger partial charge in [0.05, 0.1) is 33.8 Å². The number of pyridine rings is 3. The van der Waals surface area contributed by atoms with Crippen LogP contribution in [0, 0.1) is 0 Å². The van der Waals surface area contributed by atoms with Crippen LogP contribution in [0.15, 0.2) is 152 Å². The molecular weight excluding hydrogens is 534 g/mol. The van der Waals surface area contributed by atoms with E-state index in [-0.39, 0.29) is 0 Å². The fourth-order valence-corrected chi connectivity index (χ4v) is 6.39. The van der Waals surface area contributed by atoms with Crippen LogP contribution in [0.25, 0.3) is 88.0 Å². The summed E-state index contributed by atoms with van der Waals surface area (Å²) in [7, 11) is 0. The monoisotopic (exact) mass is 559 g/mol. The molecule has 0 unspecified atom stereocenters. The summed E-state index contributed by atoms with van der Waals surface area (Å²) in [5, 5.41) is 9.40. The van der Waals surface area contributed by atoms with Gasteiger partial charge in [-0.25, -0.2) is 15.0 Å². The molecule has 0 N–H and O–H groups in total. The van der Waals surface area contributed by atoms with Crippen LogP contribution in [0.3, 0.4) is 0 Å². The lowest BCUT2D eigenvalue weighted by molar-refractivity contribution is 1.28. The van der Waals surface area contributed by atoms with E-state index in [1.165, 1.54) is 21.5 Å². The first-order valence-corrected chi connectivity index (χ1v) is 14.9. The molecule has 0 aliphatic rings. The maximum Gasteiger partial charge on any atom is 0.0894 e. The minimum Gasteiger partial charge on any atom is -0.248 e. The van der Waals surface area contributed by atoms with Gasteiger partial charge in [0.25, 0.3) is 0 Å². The van der Waals surface area contributed by atoms with Gasteiger partial charge in [-0.1, -0.05) is 103 Å². The Hall–Kier alpha value is -5.93. The van der Waals surface area contributed by atoms with E-state index >= 15 is 0 Å². The fraction of sp³-hybridized carbons (Fsp3) is 0. The van der Waals surface area contributed by atoms with Crippen molar-refractivity contribution in [2.24, 2.45) is 0 Å². The number of hydrogen-bond donors (Lipinski definition) is 0. The third-order valence-electron chi connectivity index (χ3n) is 8.60. The van der Waals surface area contributed by atoms with Gasteiger partial charge in [0.15, 0.2) is 0 Å². The standard InChI is InChI=1S/C41H25N3/c1-3-10-28-24-40-30(22-26(28)8-1)16-20-37(43-40)35-19-18-34(32-12-5-6-13-33(32)35)36-14-7-15-38(42-36)39-21-17-31-23-27-9-2-4-11-29(27)25-41(31)44-39/h1-25H. The van der Waals surface area contributed by atoms with Crippen LogP contribution in [0.2, 0.25) is 0 Å². The van der Waals surface area contributed by atoms with Crippen molar-refractivity contribution < 1.29 is 0 Å². The molecule has 0 atom stereocenters. The zero-order valence-corrected chi connectivity index (χ0v) is 23.8. The first-order valence-electron chi connectivity index (χ1n) is 14.9. The molecule has 0 bridgehead atoms. The van der Waals surface area contributed by atoms with E-state index in [4.69, 9.17) is 15.0 Å². The summed E-state index contributed by atoms with van der Waals surface area (Å²) in [6.45, 7) is 0. The Balaban J connectivity index is 1.14. The Morgan fingerprint density at radius 1 is 0.273 bits per heavy atom. The van der Waals surface area contributed by atoms with Crippen molar-refractivity contribution in [2.45, 2.75) is 0 Å². The van der Waals surface area contributed by atoms with Crippen LogP contribution < -0.4 is 0 Å². The molecule has 9 aromatic rings. The van der Waals surface area contributed by atoms with Crippen molar-refractivity contribution in [3.8, 4) is 33.9 Å². The molecule has 44 heavy (non-hydrogen) atoms. The van der Waals surface area contributed by atoms with Gasteiger partial charge in [-0.15, -0.1) is 0 Å². The Morgan fingerprint density at radius 2 is 0.705 bits per heavy atom. The average molecular weight is 560 g/mol. The van der Waals surface area contributed by atoms with E-state index in [0.29, 0.717) is 0 Å². The Morgan fingerprint density at radius 3 is 1.30 bits per heavy atom. The summed E-state index contributed by atoms with van der Waals surface area (Å²) in [6.07, 6.45) is 0. The van der Waals surface area contributed by atoms with Crippen LogP contribution in [-0.4, -0.2) is 15.0 Å². The summed E-state index contributed by atoms with van der Waals surface area (Å²) in [4.78, 5) is 15.3. The van der Waals surface area contributed by atoms with Crippen molar-refractivity contribution in [3.05, 3.63) is 152 Å². The zero-order valence-electron chi connectivity index (χ0n) is 23.8. The molecule has 3 nitrogen and oxygen atoms in total. The maximum atomic E-state index is 5.13. The van der Waals surface area contributed by atoms with Crippen LogP contribution in [0.1, 0.15) is 0 Å². The Bertz CT molecular complexity index is 2570. The number of benzene rings is 6. The lowest BCUT2D eigenvalue weighted by Gasteiger charge is -2.13. The fourth-order valence-electron chi connectivity index (χ4n) is 6.39. The van der Waals surface area contributed by atoms with Gasteiger partial charge in [0.1, 0.15) is 0 Å². The zero-order chi connectivity index (χ0) is 29.0. The third-order valence-corrected chi connectivity index (χ3v) is 8.60. The quantitative estimate of drug-likeness (QED) is 0.202. The minimum atomic E-state index is 0.856. The van der Waals surface area contributed by atoms with E-state index in [1.54, 1.807) is 0 Å². The molecule has 6 aromatic carbocycles. The van der Waals surface area contributed by atoms with Gasteiger partial charge in [0, 0.05) is 21.9 Å². The molecule has 204 valence electrons. The highest BCUT2D eigenvalue weighted by molar-refractivity contribution is 6.05. The summed E-state index contributed by atoms with van der Waals surface area (Å²) >= 11 is 0. The van der Waals surface area contributed by atoms with Crippen molar-refractivity contribution in [1.29, 1.82) is 0 Å². The van der Waals surface area contributed by atoms with E-state index in [1.807, 2.05) is 6.07 Å². The molecule has 0 spiro atoms. The first-order chi connectivity index (χ1) is 21.8. The van der Waals surface area contributed by atoms with E-state index in [0.717, 1.165) is 66.5 Å². The number of nitrogens with zero attached hydrogens (tertiary/aromatic N) is 3. The molecule has 0 aliphatic heterocycles. The molecule has 0 aliphatic carbocycles. The molecule has 0 amide bonds. The number of fused-ring (bicyclic) bond motifs is 5. The molecule has 0 saturated carbocycles. The van der Waals surface area contributed by atoms with Gasteiger partial charge in [-0.05, 0) is 80.8 Å². The predicted octanol–water partition coefficient (Wildman–Crippen LogP) is 10.6. The van der Waals surface area contributed by atoms with E-state index in [2.05, 4.69) is 146 Å². The smallest absolute Gasteiger partial charge is 0.0894 e. The van der Waals surface area contributed by atoms with Gasteiger partial charge in [-0.2, -0.15) is 0 Å². The van der Waals surface area contributed by atoms with Gasteiger partial charge < -0.3 is 0 Å². The molecule has 3 heteroatoms. The molecule has 0 fully saturated rings. The first kappa shape index (κ1) is 24.6. The number of aromatic nitrogens is 3. The second-order valence-electron chi connectivity index (χ2n) is 11.3. The Labute approximate surface area is 254 Å². The largest absolute Gasteiger partial charge is 0.248 e. The second-order valence-corrected chi connectivity index (χ2v) is 11.3. The lowest BCUT2D eigenvalue weighted by Crippen LogP contribution is -1.93. The maximum absolute atomic E-state index is 5.13. The minimum absolute atomic E-state index is 0.856. The predicted molar refractivity (Wildman–Crippen MR) is 184 cm³/mol. The van der Waals surface area contributed by atoms with E-state index < -0.39 is 0 Å². The second kappa shape index (κ2) is 9.82. The van der Waals surface area contributed by atoms with E-state index in [9.17, 15) is 0 Å². The molecule has 0 radical (unpaired) electrons. The van der Waals surface area contributed by atoms with Crippen LogP contribution in [0.4, 0.5) is 0 Å². The summed E-state index contributed by atoms with van der Waals surface area (Å²) in [5.41, 5.74) is 7.77. The number of hydrogen-bond acceptors (Lipinski definition) is 3.